The van der Waals surface area contributed by atoms with Crippen molar-refractivity contribution in [2.24, 2.45) is 0 Å². The molecule has 0 saturated carbocycles. The highest BCUT2D eigenvalue weighted by molar-refractivity contribution is 7.89. The maximum absolute atomic E-state index is 12.3. The van der Waals surface area contributed by atoms with Crippen molar-refractivity contribution < 1.29 is 13.2 Å². The summed E-state index contributed by atoms with van der Waals surface area (Å²) in [6, 6.07) is 5.84. The smallest absolute Gasteiger partial charge is 0.319 e. The van der Waals surface area contributed by atoms with Gasteiger partial charge in [-0.1, -0.05) is 17.7 Å². The lowest BCUT2D eigenvalue weighted by Crippen LogP contribution is -2.30. The lowest BCUT2D eigenvalue weighted by Gasteiger charge is -2.15. The van der Waals surface area contributed by atoms with Crippen molar-refractivity contribution in [1.29, 1.82) is 0 Å². The van der Waals surface area contributed by atoms with Crippen molar-refractivity contribution >= 4 is 21.7 Å². The molecule has 2 rings (SSSR count). The zero-order valence-corrected chi connectivity index (χ0v) is 16.0. The van der Waals surface area contributed by atoms with E-state index in [-0.39, 0.29) is 17.5 Å². The normalized spacial score (nSPS) is 14.6. The first kappa shape index (κ1) is 20.2. The Morgan fingerprint density at radius 1 is 1.27 bits per heavy atom. The summed E-state index contributed by atoms with van der Waals surface area (Å²) >= 11 is 0. The summed E-state index contributed by atoms with van der Waals surface area (Å²) < 4.78 is 25.9. The Labute approximate surface area is 156 Å². The van der Waals surface area contributed by atoms with Crippen LogP contribution in [-0.2, 0) is 10.0 Å². The average molecular weight is 378 g/mol. The van der Waals surface area contributed by atoms with E-state index in [0.717, 1.165) is 19.3 Å². The molecule has 0 fully saturated rings. The largest absolute Gasteiger partial charge is 0.338 e. The van der Waals surface area contributed by atoms with E-state index in [1.807, 2.05) is 0 Å². The van der Waals surface area contributed by atoms with Crippen LogP contribution in [0.2, 0.25) is 0 Å². The van der Waals surface area contributed by atoms with E-state index in [1.54, 1.807) is 12.1 Å². The van der Waals surface area contributed by atoms with Crippen LogP contribution in [0.3, 0.4) is 0 Å². The summed E-state index contributed by atoms with van der Waals surface area (Å²) in [6.45, 7) is 4.38. The Morgan fingerprint density at radius 2 is 2.00 bits per heavy atom. The first-order chi connectivity index (χ1) is 12.4. The summed E-state index contributed by atoms with van der Waals surface area (Å²) in [5.41, 5.74) is 1.96. The Hall–Kier alpha value is -2.12. The maximum Gasteiger partial charge on any atom is 0.319 e. The van der Waals surface area contributed by atoms with E-state index in [9.17, 15) is 13.2 Å². The number of anilines is 1. The molecule has 0 unspecified atom stereocenters. The Bertz CT molecular complexity index is 755. The molecule has 7 heteroatoms. The molecule has 0 heterocycles. The van der Waals surface area contributed by atoms with Gasteiger partial charge in [-0.15, -0.1) is 6.58 Å². The third-order valence-electron chi connectivity index (χ3n) is 4.32. The van der Waals surface area contributed by atoms with E-state index in [1.165, 1.54) is 48.0 Å². The van der Waals surface area contributed by atoms with E-state index < -0.39 is 10.0 Å². The van der Waals surface area contributed by atoms with Crippen molar-refractivity contribution in [2.75, 3.05) is 25.5 Å². The Kier molecular flexibility index (Phi) is 7.41. The van der Waals surface area contributed by atoms with Crippen LogP contribution in [0.5, 0.6) is 0 Å². The van der Waals surface area contributed by atoms with Gasteiger partial charge in [0.2, 0.25) is 10.0 Å². The molecule has 2 N–H and O–H groups in total. The number of allylic oxidation sites excluding steroid dienone is 1. The minimum atomic E-state index is -3.55. The quantitative estimate of drug-likeness (QED) is 0.681. The van der Waals surface area contributed by atoms with Gasteiger partial charge < -0.3 is 10.6 Å². The van der Waals surface area contributed by atoms with Gasteiger partial charge in [-0.25, -0.2) is 13.2 Å². The van der Waals surface area contributed by atoms with Gasteiger partial charge in [0.1, 0.15) is 0 Å². The molecule has 0 radical (unpaired) electrons. The zero-order valence-electron chi connectivity index (χ0n) is 15.2. The van der Waals surface area contributed by atoms with Crippen molar-refractivity contribution in [2.45, 2.75) is 37.0 Å². The molecule has 1 aromatic rings. The third kappa shape index (κ3) is 5.71. The molecule has 6 nitrogen and oxygen atoms in total. The second-order valence-electron chi connectivity index (χ2n) is 6.34. The van der Waals surface area contributed by atoms with Gasteiger partial charge >= 0.3 is 6.03 Å². The number of nitrogens with zero attached hydrogens (tertiary/aromatic N) is 1. The highest BCUT2D eigenvalue weighted by atomic mass is 32.2. The fourth-order valence-corrected chi connectivity index (χ4v) is 3.96. The number of urea groups is 1. The highest BCUT2D eigenvalue weighted by Crippen LogP contribution is 2.20. The summed E-state index contributed by atoms with van der Waals surface area (Å²) in [4.78, 5) is 12.1. The molecule has 142 valence electrons. The number of carbonyl (C=O) groups is 1. The van der Waals surface area contributed by atoms with Gasteiger partial charge in [0.05, 0.1) is 4.90 Å². The van der Waals surface area contributed by atoms with Crippen LogP contribution in [0.15, 0.2) is 53.5 Å². The molecule has 2 amide bonds. The molecule has 0 atom stereocenters. The SMILES string of the molecule is C=CCN(C)S(=O)(=O)c1ccc(NC(=O)NCCC2=CCCCC2)cc1. The molecule has 0 saturated heterocycles. The van der Waals surface area contributed by atoms with Gasteiger partial charge in [-0.2, -0.15) is 4.31 Å². The van der Waals surface area contributed by atoms with Crippen molar-refractivity contribution in [3.63, 3.8) is 0 Å². The number of likely N-dealkylation sites (N-methyl/N-ethyl adjacent to an activating group) is 1. The lowest BCUT2D eigenvalue weighted by molar-refractivity contribution is 0.252. The molecular formula is C19H27N3O3S. The topological polar surface area (TPSA) is 78.5 Å². The summed E-state index contributed by atoms with van der Waals surface area (Å²) in [6.07, 6.45) is 9.42. The first-order valence-corrected chi connectivity index (χ1v) is 10.3. The summed E-state index contributed by atoms with van der Waals surface area (Å²) in [7, 11) is -2.05. The predicted octanol–water partition coefficient (Wildman–Crippen LogP) is 3.51. The van der Waals surface area contributed by atoms with Gasteiger partial charge in [0.25, 0.3) is 0 Å². The van der Waals surface area contributed by atoms with Crippen LogP contribution in [-0.4, -0.2) is 38.9 Å². The van der Waals surface area contributed by atoms with Crippen molar-refractivity contribution in [3.05, 3.63) is 48.6 Å². The van der Waals surface area contributed by atoms with E-state index in [2.05, 4.69) is 23.3 Å². The predicted molar refractivity (Wildman–Crippen MR) is 105 cm³/mol. The fraction of sp³-hybridized carbons (Fsp3) is 0.421. The van der Waals surface area contributed by atoms with E-state index >= 15 is 0 Å². The van der Waals surface area contributed by atoms with Gasteiger partial charge in [0, 0.05) is 25.8 Å². The monoisotopic (exact) mass is 377 g/mol. The number of sulfonamides is 1. The minimum Gasteiger partial charge on any atom is -0.338 e. The zero-order chi connectivity index (χ0) is 19.0. The average Bonchev–Trinajstić information content (AvgIpc) is 2.63. The van der Waals surface area contributed by atoms with Gasteiger partial charge in [-0.05, 0) is 56.4 Å². The molecule has 1 aromatic carbocycles. The molecule has 1 aliphatic carbocycles. The number of hydrogen-bond acceptors (Lipinski definition) is 3. The van der Waals surface area contributed by atoms with Crippen LogP contribution in [0.1, 0.15) is 32.1 Å². The molecule has 0 aromatic heterocycles. The van der Waals surface area contributed by atoms with Crippen LogP contribution in [0.25, 0.3) is 0 Å². The van der Waals surface area contributed by atoms with Crippen LogP contribution < -0.4 is 10.6 Å². The number of hydrogen-bond donors (Lipinski definition) is 2. The van der Waals surface area contributed by atoms with Crippen LogP contribution in [0.4, 0.5) is 10.5 Å². The van der Waals surface area contributed by atoms with Gasteiger partial charge in [0.15, 0.2) is 0 Å². The van der Waals surface area contributed by atoms with E-state index in [4.69, 9.17) is 0 Å². The summed E-state index contributed by atoms with van der Waals surface area (Å²) in [5, 5.41) is 5.55. The van der Waals surface area contributed by atoms with Gasteiger partial charge in [-0.3, -0.25) is 0 Å². The second kappa shape index (κ2) is 9.54. The van der Waals surface area contributed by atoms with Crippen molar-refractivity contribution in [3.8, 4) is 0 Å². The Morgan fingerprint density at radius 3 is 2.62 bits per heavy atom. The molecule has 0 bridgehead atoms. The number of carbonyl (C=O) groups excluding carboxylic acids is 1. The summed E-state index contributed by atoms with van der Waals surface area (Å²) in [5.74, 6) is 0. The highest BCUT2D eigenvalue weighted by Gasteiger charge is 2.19. The fourth-order valence-electron chi connectivity index (χ4n) is 2.81. The van der Waals surface area contributed by atoms with Crippen molar-refractivity contribution in [1.82, 2.24) is 9.62 Å². The standard InChI is InChI=1S/C19H27N3O3S/c1-3-15-22(2)26(24,25)18-11-9-17(10-12-18)21-19(23)20-14-13-16-7-5-4-6-8-16/h3,7,9-12H,1,4-6,8,13-15H2,2H3,(H2,20,21,23). The molecule has 26 heavy (non-hydrogen) atoms. The molecular weight excluding hydrogens is 350 g/mol. The van der Waals surface area contributed by atoms with E-state index in [0.29, 0.717) is 12.2 Å². The number of nitrogens with one attached hydrogen (secondary N) is 2. The number of rotatable bonds is 8. The lowest BCUT2D eigenvalue weighted by atomic mass is 9.97. The molecule has 1 aliphatic rings. The first-order valence-electron chi connectivity index (χ1n) is 8.83. The Balaban J connectivity index is 1.85. The second-order valence-corrected chi connectivity index (χ2v) is 8.38. The molecule has 0 spiro atoms. The number of amides is 2. The minimum absolute atomic E-state index is 0.178. The number of benzene rings is 1. The molecule has 0 aliphatic heterocycles. The van der Waals surface area contributed by atoms with Crippen LogP contribution in [0, 0.1) is 0 Å². The van der Waals surface area contributed by atoms with Crippen LogP contribution >= 0.6 is 0 Å². The third-order valence-corrected chi connectivity index (χ3v) is 6.16. The maximum atomic E-state index is 12.3.